The molecule has 0 spiro atoms. The van der Waals surface area contributed by atoms with E-state index in [1.54, 1.807) is 24.3 Å². The van der Waals surface area contributed by atoms with Crippen LogP contribution >= 0.6 is 0 Å². The van der Waals surface area contributed by atoms with Crippen LogP contribution in [0.4, 0.5) is 10.5 Å². The van der Waals surface area contributed by atoms with Crippen LogP contribution in [-0.4, -0.2) is 11.9 Å². The minimum atomic E-state index is -0.611. The number of Topliss-reactive ketones (excluding diaryl/α,β-unsaturated/α-hetero) is 1. The minimum Gasteiger partial charge on any atom is -0.419 e. The Labute approximate surface area is 87.6 Å². The monoisotopic (exact) mass is 205 g/mol. The van der Waals surface area contributed by atoms with Gasteiger partial charge in [-0.2, -0.15) is 0 Å². The van der Waals surface area contributed by atoms with Crippen LogP contribution in [0.15, 0.2) is 37.1 Å². The van der Waals surface area contributed by atoms with Gasteiger partial charge >= 0.3 is 6.09 Å². The summed E-state index contributed by atoms with van der Waals surface area (Å²) in [5, 5.41) is 2.47. The van der Waals surface area contributed by atoms with Crippen molar-refractivity contribution in [2.45, 2.75) is 6.92 Å². The number of hydrogen-bond acceptors (Lipinski definition) is 3. The fourth-order valence-electron chi connectivity index (χ4n) is 1.01. The molecular formula is C11H11NO3. The Morgan fingerprint density at radius 3 is 2.40 bits per heavy atom. The van der Waals surface area contributed by atoms with Gasteiger partial charge in [0.05, 0.1) is 6.26 Å². The average Bonchev–Trinajstić information content (AvgIpc) is 2.18. The highest BCUT2D eigenvalue weighted by molar-refractivity contribution is 5.94. The normalized spacial score (nSPS) is 9.13. The Kier molecular flexibility index (Phi) is 3.62. The Balaban J connectivity index is 2.68. The predicted octanol–water partition coefficient (Wildman–Crippen LogP) is 2.58. The third-order valence-electron chi connectivity index (χ3n) is 1.73. The van der Waals surface area contributed by atoms with Gasteiger partial charge in [0.2, 0.25) is 0 Å². The molecule has 0 atom stereocenters. The van der Waals surface area contributed by atoms with E-state index >= 15 is 0 Å². The van der Waals surface area contributed by atoms with Crippen molar-refractivity contribution >= 4 is 17.6 Å². The molecule has 0 aromatic heterocycles. The van der Waals surface area contributed by atoms with E-state index in [-0.39, 0.29) is 5.78 Å². The largest absolute Gasteiger partial charge is 0.419 e. The Morgan fingerprint density at radius 2 is 1.93 bits per heavy atom. The molecule has 1 N–H and O–H groups in total. The molecule has 0 saturated heterocycles. The molecule has 4 heteroatoms. The third-order valence-corrected chi connectivity index (χ3v) is 1.73. The molecule has 0 aliphatic heterocycles. The van der Waals surface area contributed by atoms with Gasteiger partial charge in [0.25, 0.3) is 0 Å². The van der Waals surface area contributed by atoms with Crippen molar-refractivity contribution in [3.8, 4) is 0 Å². The molecule has 0 bridgehead atoms. The molecule has 1 aromatic carbocycles. The number of benzene rings is 1. The van der Waals surface area contributed by atoms with Crippen molar-refractivity contribution in [3.05, 3.63) is 42.7 Å². The summed E-state index contributed by atoms with van der Waals surface area (Å²) in [6.45, 7) is 4.73. The van der Waals surface area contributed by atoms with Gasteiger partial charge < -0.3 is 4.74 Å². The minimum absolute atomic E-state index is 0.0183. The first kappa shape index (κ1) is 11.0. The molecule has 0 radical (unpaired) electrons. The molecule has 15 heavy (non-hydrogen) atoms. The number of nitrogens with one attached hydrogen (secondary N) is 1. The zero-order chi connectivity index (χ0) is 11.3. The molecule has 0 aliphatic rings. The van der Waals surface area contributed by atoms with Crippen molar-refractivity contribution in [2.24, 2.45) is 0 Å². The zero-order valence-electron chi connectivity index (χ0n) is 8.32. The van der Waals surface area contributed by atoms with Crippen molar-refractivity contribution in [1.82, 2.24) is 0 Å². The first-order chi connectivity index (χ1) is 7.13. The molecule has 0 unspecified atom stereocenters. The van der Waals surface area contributed by atoms with Crippen LogP contribution in [0.1, 0.15) is 17.3 Å². The van der Waals surface area contributed by atoms with Gasteiger partial charge in [-0.1, -0.05) is 6.58 Å². The lowest BCUT2D eigenvalue weighted by atomic mass is 10.1. The lowest BCUT2D eigenvalue weighted by Gasteiger charge is -2.03. The fourth-order valence-corrected chi connectivity index (χ4v) is 1.01. The van der Waals surface area contributed by atoms with E-state index in [0.717, 1.165) is 6.26 Å². The first-order valence-electron chi connectivity index (χ1n) is 4.33. The summed E-state index contributed by atoms with van der Waals surface area (Å²) in [6.07, 6.45) is 0.430. The van der Waals surface area contributed by atoms with Crippen LogP contribution in [-0.2, 0) is 4.74 Å². The Bertz CT molecular complexity index is 381. The molecule has 78 valence electrons. The summed E-state index contributed by atoms with van der Waals surface area (Å²) < 4.78 is 4.47. The van der Waals surface area contributed by atoms with Crippen LogP contribution in [0, 0.1) is 0 Å². The average molecular weight is 205 g/mol. The molecular weight excluding hydrogens is 194 g/mol. The lowest BCUT2D eigenvalue weighted by Crippen LogP contribution is -2.10. The van der Waals surface area contributed by atoms with Gasteiger partial charge in [0.15, 0.2) is 5.78 Å². The number of ether oxygens (including phenoxy) is 1. The molecule has 0 aliphatic carbocycles. The summed E-state index contributed by atoms with van der Waals surface area (Å²) in [7, 11) is 0. The van der Waals surface area contributed by atoms with Crippen LogP contribution in [0.2, 0.25) is 0 Å². The standard InChI is InChI=1S/C11H11NO3/c1-3-15-11(14)12-10-6-4-9(5-7-10)8(2)13/h3-7H,1H2,2H3,(H,12,14). The summed E-state index contributed by atoms with van der Waals surface area (Å²) in [5.74, 6) is -0.0183. The summed E-state index contributed by atoms with van der Waals surface area (Å²) in [4.78, 5) is 21.9. The maximum atomic E-state index is 11.0. The fraction of sp³-hybridized carbons (Fsp3) is 0.0909. The quantitative estimate of drug-likeness (QED) is 0.609. The van der Waals surface area contributed by atoms with Crippen molar-refractivity contribution in [3.63, 3.8) is 0 Å². The Hall–Kier alpha value is -2.10. The number of hydrogen-bond donors (Lipinski definition) is 1. The molecule has 0 heterocycles. The van der Waals surface area contributed by atoms with Crippen LogP contribution in [0.5, 0.6) is 0 Å². The second-order valence-corrected chi connectivity index (χ2v) is 2.83. The molecule has 0 saturated carbocycles. The van der Waals surface area contributed by atoms with E-state index in [2.05, 4.69) is 16.6 Å². The van der Waals surface area contributed by atoms with Gasteiger partial charge in [-0.25, -0.2) is 4.79 Å². The van der Waals surface area contributed by atoms with Gasteiger partial charge in [-0.15, -0.1) is 0 Å². The Morgan fingerprint density at radius 1 is 1.33 bits per heavy atom. The second kappa shape index (κ2) is 4.95. The van der Waals surface area contributed by atoms with E-state index in [0.29, 0.717) is 11.3 Å². The second-order valence-electron chi connectivity index (χ2n) is 2.83. The van der Waals surface area contributed by atoms with Crippen molar-refractivity contribution < 1.29 is 14.3 Å². The third kappa shape index (κ3) is 3.27. The smallest absolute Gasteiger partial charge is 0.416 e. The van der Waals surface area contributed by atoms with E-state index in [9.17, 15) is 9.59 Å². The summed E-state index contributed by atoms with van der Waals surface area (Å²) in [5.41, 5.74) is 1.16. The zero-order valence-corrected chi connectivity index (χ0v) is 8.32. The van der Waals surface area contributed by atoms with Crippen LogP contribution < -0.4 is 5.32 Å². The van der Waals surface area contributed by atoms with E-state index in [1.165, 1.54) is 6.92 Å². The molecule has 4 nitrogen and oxygen atoms in total. The molecule has 1 rings (SSSR count). The highest BCUT2D eigenvalue weighted by Crippen LogP contribution is 2.10. The highest BCUT2D eigenvalue weighted by Gasteiger charge is 2.02. The lowest BCUT2D eigenvalue weighted by molar-refractivity contribution is 0.101. The van der Waals surface area contributed by atoms with Crippen molar-refractivity contribution in [1.29, 1.82) is 0 Å². The molecule has 1 amide bonds. The van der Waals surface area contributed by atoms with Crippen molar-refractivity contribution in [2.75, 3.05) is 5.32 Å². The van der Waals surface area contributed by atoms with E-state index in [1.807, 2.05) is 0 Å². The number of amides is 1. The summed E-state index contributed by atoms with van der Waals surface area (Å²) >= 11 is 0. The number of carbonyl (C=O) groups excluding carboxylic acids is 2. The van der Waals surface area contributed by atoms with E-state index in [4.69, 9.17) is 0 Å². The predicted molar refractivity (Wildman–Crippen MR) is 56.7 cm³/mol. The maximum Gasteiger partial charge on any atom is 0.416 e. The van der Waals surface area contributed by atoms with Gasteiger partial charge in [-0.3, -0.25) is 10.1 Å². The number of ketones is 1. The van der Waals surface area contributed by atoms with Crippen LogP contribution in [0.25, 0.3) is 0 Å². The SMILES string of the molecule is C=COC(=O)Nc1ccc(C(C)=O)cc1. The molecule has 1 aromatic rings. The number of rotatable bonds is 3. The maximum absolute atomic E-state index is 11.0. The van der Waals surface area contributed by atoms with E-state index < -0.39 is 6.09 Å². The summed E-state index contributed by atoms with van der Waals surface area (Å²) in [6, 6.07) is 6.51. The van der Waals surface area contributed by atoms with Crippen LogP contribution in [0.3, 0.4) is 0 Å². The van der Waals surface area contributed by atoms with Gasteiger partial charge in [0.1, 0.15) is 0 Å². The number of anilines is 1. The topological polar surface area (TPSA) is 55.4 Å². The first-order valence-corrected chi connectivity index (χ1v) is 4.33. The van der Waals surface area contributed by atoms with Gasteiger partial charge in [0, 0.05) is 11.3 Å². The molecule has 0 fully saturated rings. The highest BCUT2D eigenvalue weighted by atomic mass is 16.5. The van der Waals surface area contributed by atoms with Gasteiger partial charge in [-0.05, 0) is 31.2 Å². The number of carbonyl (C=O) groups is 2.